The molecule has 1 amide bonds. The van der Waals surface area contributed by atoms with E-state index in [0.29, 0.717) is 0 Å². The summed E-state index contributed by atoms with van der Waals surface area (Å²) in [5.74, 6) is -0.940. The van der Waals surface area contributed by atoms with E-state index < -0.39 is 16.6 Å². The summed E-state index contributed by atoms with van der Waals surface area (Å²) in [5.41, 5.74) is -0.129. The Kier molecular flexibility index (Phi) is 2.31. The van der Waals surface area contributed by atoms with Gasteiger partial charge < -0.3 is 15.4 Å². The highest BCUT2D eigenvalue weighted by Crippen LogP contribution is 2.26. The van der Waals surface area contributed by atoms with Crippen molar-refractivity contribution in [2.45, 2.75) is 18.9 Å². The number of aromatic nitrogens is 2. The highest BCUT2D eigenvalue weighted by Gasteiger charge is 2.29. The third-order valence-electron chi connectivity index (χ3n) is 2.00. The Hall–Kier alpha value is -1.63. The number of amides is 1. The molecule has 15 heavy (non-hydrogen) atoms. The summed E-state index contributed by atoms with van der Waals surface area (Å²) >= 11 is 5.62. The van der Waals surface area contributed by atoms with E-state index in [1.54, 1.807) is 0 Å². The number of halogens is 1. The van der Waals surface area contributed by atoms with Crippen molar-refractivity contribution in [1.82, 2.24) is 15.5 Å². The lowest BCUT2D eigenvalue weighted by Gasteiger charge is -1.97. The Labute approximate surface area is 89.0 Å². The molecule has 0 radical (unpaired) electrons. The zero-order chi connectivity index (χ0) is 11.0. The largest absolute Gasteiger partial charge is 0.362 e. The summed E-state index contributed by atoms with van der Waals surface area (Å²) in [6.45, 7) is 0. The van der Waals surface area contributed by atoms with E-state index in [1.165, 1.54) is 0 Å². The molecule has 2 rings (SSSR count). The molecule has 0 bridgehead atoms. The van der Waals surface area contributed by atoms with E-state index in [1.807, 2.05) is 0 Å². The average molecular weight is 231 g/mol. The van der Waals surface area contributed by atoms with E-state index in [0.717, 1.165) is 12.8 Å². The molecule has 1 fully saturated rings. The first kappa shape index (κ1) is 9.91. The number of aromatic amines is 1. The molecule has 1 aromatic rings. The molecule has 1 aliphatic rings. The Bertz CT molecular complexity index is 426. The zero-order valence-electron chi connectivity index (χ0n) is 7.49. The van der Waals surface area contributed by atoms with Crippen molar-refractivity contribution >= 4 is 23.3 Å². The van der Waals surface area contributed by atoms with Gasteiger partial charge in [-0.1, -0.05) is 16.7 Å². The lowest BCUT2D eigenvalue weighted by molar-refractivity contribution is -0.389. The molecule has 1 heterocycles. The van der Waals surface area contributed by atoms with Gasteiger partial charge in [-0.25, -0.2) is 0 Å². The number of nitro groups is 1. The monoisotopic (exact) mass is 230 g/mol. The predicted octanol–water partition coefficient (Wildman–Crippen LogP) is 0.864. The highest BCUT2D eigenvalue weighted by atomic mass is 35.5. The van der Waals surface area contributed by atoms with Crippen molar-refractivity contribution in [2.24, 2.45) is 0 Å². The second-order valence-electron chi connectivity index (χ2n) is 3.24. The van der Waals surface area contributed by atoms with Crippen LogP contribution in [0.15, 0.2) is 0 Å². The lowest BCUT2D eigenvalue weighted by Crippen LogP contribution is -2.25. The quantitative estimate of drug-likeness (QED) is 0.594. The van der Waals surface area contributed by atoms with Crippen LogP contribution in [-0.4, -0.2) is 27.1 Å². The Morgan fingerprint density at radius 2 is 2.33 bits per heavy atom. The van der Waals surface area contributed by atoms with Crippen LogP contribution in [0, 0.1) is 10.1 Å². The number of hydrogen-bond donors (Lipinski definition) is 2. The predicted molar refractivity (Wildman–Crippen MR) is 50.7 cm³/mol. The molecule has 80 valence electrons. The standard InChI is InChI=1S/C7H7ClN4O3/c8-4-5(7(13)9-3-1-2-3)10-11-6(4)12(14)15/h3H,1-2H2,(H,9,13)(H,10,11). The first-order chi connectivity index (χ1) is 7.09. The molecular weight excluding hydrogens is 224 g/mol. The molecule has 1 aliphatic carbocycles. The van der Waals surface area contributed by atoms with Gasteiger partial charge in [-0.2, -0.15) is 0 Å². The van der Waals surface area contributed by atoms with Gasteiger partial charge in [-0.05, 0) is 17.8 Å². The minimum atomic E-state index is -0.719. The molecule has 0 aromatic carbocycles. The van der Waals surface area contributed by atoms with E-state index in [4.69, 9.17) is 11.6 Å². The summed E-state index contributed by atoms with van der Waals surface area (Å²) in [7, 11) is 0. The molecule has 0 saturated heterocycles. The van der Waals surface area contributed by atoms with Crippen LogP contribution in [0.4, 0.5) is 5.82 Å². The maximum Gasteiger partial charge on any atom is 0.362 e. The third-order valence-corrected chi connectivity index (χ3v) is 2.36. The maximum absolute atomic E-state index is 11.5. The Morgan fingerprint density at radius 3 is 2.80 bits per heavy atom. The number of nitrogens with zero attached hydrogens (tertiary/aromatic N) is 2. The van der Waals surface area contributed by atoms with Crippen LogP contribution in [0.25, 0.3) is 0 Å². The van der Waals surface area contributed by atoms with Crippen LogP contribution in [0.5, 0.6) is 0 Å². The second-order valence-corrected chi connectivity index (χ2v) is 3.62. The SMILES string of the molecule is O=C(NC1CC1)c1n[nH]c([N+](=O)[O-])c1Cl. The number of hydrogen-bond acceptors (Lipinski definition) is 4. The Balaban J connectivity index is 2.20. The average Bonchev–Trinajstić information content (AvgIpc) is 2.86. The normalized spacial score (nSPS) is 15.0. The number of carbonyl (C=O) groups is 1. The molecule has 0 spiro atoms. The number of rotatable bonds is 3. The minimum absolute atomic E-state index is 0.129. The second kappa shape index (κ2) is 3.50. The summed E-state index contributed by atoms with van der Waals surface area (Å²) < 4.78 is 0. The van der Waals surface area contributed by atoms with Crippen LogP contribution in [0.2, 0.25) is 5.02 Å². The molecule has 0 unspecified atom stereocenters. The first-order valence-electron chi connectivity index (χ1n) is 4.28. The van der Waals surface area contributed by atoms with Crippen molar-refractivity contribution < 1.29 is 9.72 Å². The topological polar surface area (TPSA) is 101 Å². The fraction of sp³-hybridized carbons (Fsp3) is 0.429. The van der Waals surface area contributed by atoms with Gasteiger partial charge in [0, 0.05) is 6.04 Å². The van der Waals surface area contributed by atoms with Crippen molar-refractivity contribution in [3.63, 3.8) is 0 Å². The van der Waals surface area contributed by atoms with Crippen molar-refractivity contribution in [3.05, 3.63) is 20.8 Å². The van der Waals surface area contributed by atoms with Gasteiger partial charge >= 0.3 is 5.82 Å². The van der Waals surface area contributed by atoms with Crippen LogP contribution >= 0.6 is 11.6 Å². The van der Waals surface area contributed by atoms with Crippen molar-refractivity contribution in [3.8, 4) is 0 Å². The Morgan fingerprint density at radius 1 is 1.67 bits per heavy atom. The van der Waals surface area contributed by atoms with E-state index >= 15 is 0 Å². The number of carbonyl (C=O) groups excluding carboxylic acids is 1. The number of H-pyrrole nitrogens is 1. The summed E-state index contributed by atoms with van der Waals surface area (Å²) in [6, 6.07) is 0.157. The molecule has 1 aromatic heterocycles. The summed E-state index contributed by atoms with van der Waals surface area (Å²) in [6.07, 6.45) is 1.85. The molecule has 0 aliphatic heterocycles. The maximum atomic E-state index is 11.5. The van der Waals surface area contributed by atoms with Gasteiger partial charge in [-0.3, -0.25) is 4.79 Å². The van der Waals surface area contributed by atoms with Gasteiger partial charge in [0.2, 0.25) is 0 Å². The van der Waals surface area contributed by atoms with E-state index in [2.05, 4.69) is 15.5 Å². The zero-order valence-corrected chi connectivity index (χ0v) is 8.24. The van der Waals surface area contributed by atoms with Crippen LogP contribution < -0.4 is 5.32 Å². The van der Waals surface area contributed by atoms with Gasteiger partial charge in [0.1, 0.15) is 0 Å². The minimum Gasteiger partial charge on any atom is -0.358 e. The van der Waals surface area contributed by atoms with Gasteiger partial charge in [-0.15, -0.1) is 5.10 Å². The molecule has 2 N–H and O–H groups in total. The van der Waals surface area contributed by atoms with Gasteiger partial charge in [0.25, 0.3) is 5.91 Å². The molecule has 8 heteroatoms. The summed E-state index contributed by atoms with van der Waals surface area (Å²) in [4.78, 5) is 21.1. The molecule has 0 atom stereocenters. The van der Waals surface area contributed by atoms with Crippen LogP contribution in [-0.2, 0) is 0 Å². The third kappa shape index (κ3) is 1.91. The van der Waals surface area contributed by atoms with Crippen LogP contribution in [0.3, 0.4) is 0 Å². The fourth-order valence-corrected chi connectivity index (χ4v) is 1.31. The van der Waals surface area contributed by atoms with E-state index in [-0.39, 0.29) is 16.8 Å². The molecule has 1 saturated carbocycles. The molecule has 7 nitrogen and oxygen atoms in total. The fourth-order valence-electron chi connectivity index (χ4n) is 1.07. The van der Waals surface area contributed by atoms with Crippen molar-refractivity contribution in [1.29, 1.82) is 0 Å². The lowest BCUT2D eigenvalue weighted by atomic mass is 10.4. The summed E-state index contributed by atoms with van der Waals surface area (Å²) in [5, 5.41) is 18.4. The highest BCUT2D eigenvalue weighted by molar-refractivity contribution is 6.35. The van der Waals surface area contributed by atoms with E-state index in [9.17, 15) is 14.9 Å². The first-order valence-corrected chi connectivity index (χ1v) is 4.66. The van der Waals surface area contributed by atoms with Crippen LogP contribution in [0.1, 0.15) is 23.3 Å². The van der Waals surface area contributed by atoms with Gasteiger partial charge in [0.05, 0.1) is 0 Å². The molecular formula is C7H7ClN4O3. The van der Waals surface area contributed by atoms with Gasteiger partial charge in [0.15, 0.2) is 10.7 Å². The smallest absolute Gasteiger partial charge is 0.358 e. The van der Waals surface area contributed by atoms with Crippen molar-refractivity contribution in [2.75, 3.05) is 0 Å². The number of nitrogens with one attached hydrogen (secondary N) is 2.